The summed E-state index contributed by atoms with van der Waals surface area (Å²) in [5, 5.41) is 9.87. The minimum absolute atomic E-state index is 0.00778. The molecule has 1 fully saturated rings. The Morgan fingerprint density at radius 2 is 2.05 bits per heavy atom. The Bertz CT molecular complexity index is 572. The third kappa shape index (κ3) is 3.50. The molecule has 2 atom stereocenters. The first-order valence-electron chi connectivity index (χ1n) is 6.94. The average molecular weight is 298 g/mol. The van der Waals surface area contributed by atoms with Gasteiger partial charge in [0.1, 0.15) is 0 Å². The highest BCUT2D eigenvalue weighted by Crippen LogP contribution is 2.24. The fourth-order valence-corrected chi connectivity index (χ4v) is 3.72. The number of nitrogens with two attached hydrogens (primary N) is 1. The molecule has 0 spiro atoms. The number of aliphatic hydroxyl groups is 1. The number of rotatable bonds is 4. The molecule has 1 saturated carbocycles. The highest BCUT2D eigenvalue weighted by atomic mass is 32.2. The van der Waals surface area contributed by atoms with Crippen LogP contribution >= 0.6 is 0 Å². The summed E-state index contributed by atoms with van der Waals surface area (Å²) < 4.78 is 27.0. The molecule has 0 heterocycles. The van der Waals surface area contributed by atoms with E-state index in [0.717, 1.165) is 31.2 Å². The van der Waals surface area contributed by atoms with Gasteiger partial charge in [0.05, 0.1) is 11.0 Å². The summed E-state index contributed by atoms with van der Waals surface area (Å²) in [5.41, 5.74) is 7.01. The number of hydrogen-bond donors (Lipinski definition) is 3. The van der Waals surface area contributed by atoms with Crippen LogP contribution in [-0.2, 0) is 10.0 Å². The van der Waals surface area contributed by atoms with Crippen molar-refractivity contribution in [2.24, 2.45) is 5.92 Å². The van der Waals surface area contributed by atoms with Gasteiger partial charge in [0.15, 0.2) is 0 Å². The van der Waals surface area contributed by atoms with Crippen molar-refractivity contribution in [3.8, 4) is 0 Å². The molecular weight excluding hydrogens is 276 g/mol. The summed E-state index contributed by atoms with van der Waals surface area (Å²) in [5.74, 6) is 0.00778. The van der Waals surface area contributed by atoms with Crippen molar-refractivity contribution in [3.63, 3.8) is 0 Å². The number of sulfonamides is 1. The molecule has 1 aliphatic rings. The fourth-order valence-electron chi connectivity index (χ4n) is 2.54. The van der Waals surface area contributed by atoms with Crippen LogP contribution in [0.15, 0.2) is 23.1 Å². The Balaban J connectivity index is 2.05. The smallest absolute Gasteiger partial charge is 0.240 e. The largest absolute Gasteiger partial charge is 0.399 e. The van der Waals surface area contributed by atoms with Crippen molar-refractivity contribution in [1.29, 1.82) is 0 Å². The van der Waals surface area contributed by atoms with Crippen molar-refractivity contribution in [1.82, 2.24) is 4.72 Å². The van der Waals surface area contributed by atoms with Gasteiger partial charge in [-0.15, -0.1) is 0 Å². The average Bonchev–Trinajstić information content (AvgIpc) is 2.41. The van der Waals surface area contributed by atoms with Crippen LogP contribution in [0.25, 0.3) is 0 Å². The molecule has 1 aliphatic carbocycles. The molecule has 0 aromatic heterocycles. The third-order valence-corrected chi connectivity index (χ3v) is 5.38. The van der Waals surface area contributed by atoms with Gasteiger partial charge in [-0.25, -0.2) is 13.1 Å². The van der Waals surface area contributed by atoms with E-state index in [0.29, 0.717) is 5.69 Å². The Labute approximate surface area is 120 Å². The predicted octanol–water partition coefficient (Wildman–Crippen LogP) is 1.41. The standard InChI is InChI=1S/C14H22N2O3S/c1-10-8-12(6-7-13(10)15)20(18,19)16-9-11-4-2-3-5-14(11)17/h6-8,11,14,16-17H,2-5,9,15H2,1H3. The Morgan fingerprint density at radius 1 is 1.35 bits per heavy atom. The number of nitrogens with one attached hydrogen (secondary N) is 1. The first-order valence-corrected chi connectivity index (χ1v) is 8.42. The fraction of sp³-hybridized carbons (Fsp3) is 0.571. The maximum atomic E-state index is 12.2. The maximum absolute atomic E-state index is 12.2. The summed E-state index contributed by atoms with van der Waals surface area (Å²) in [4.78, 5) is 0.217. The summed E-state index contributed by atoms with van der Waals surface area (Å²) in [6.07, 6.45) is 3.28. The van der Waals surface area contributed by atoms with Gasteiger partial charge in [-0.05, 0) is 49.4 Å². The van der Waals surface area contributed by atoms with E-state index in [1.54, 1.807) is 19.1 Å². The van der Waals surface area contributed by atoms with E-state index in [1.807, 2.05) is 0 Å². The van der Waals surface area contributed by atoms with Gasteiger partial charge < -0.3 is 10.8 Å². The number of anilines is 1. The second kappa shape index (κ2) is 6.11. The second-order valence-electron chi connectivity index (χ2n) is 5.48. The monoisotopic (exact) mass is 298 g/mol. The molecule has 112 valence electrons. The van der Waals surface area contributed by atoms with E-state index in [9.17, 15) is 13.5 Å². The first kappa shape index (κ1) is 15.3. The second-order valence-corrected chi connectivity index (χ2v) is 7.25. The van der Waals surface area contributed by atoms with Crippen molar-refractivity contribution < 1.29 is 13.5 Å². The van der Waals surface area contributed by atoms with Crippen LogP contribution in [0.2, 0.25) is 0 Å². The van der Waals surface area contributed by atoms with Gasteiger partial charge in [-0.3, -0.25) is 0 Å². The lowest BCUT2D eigenvalue weighted by Crippen LogP contribution is -2.36. The highest BCUT2D eigenvalue weighted by Gasteiger charge is 2.25. The number of benzene rings is 1. The Kier molecular flexibility index (Phi) is 4.67. The van der Waals surface area contributed by atoms with E-state index >= 15 is 0 Å². The molecule has 1 aromatic carbocycles. The van der Waals surface area contributed by atoms with E-state index in [2.05, 4.69) is 4.72 Å². The molecule has 0 aliphatic heterocycles. The Morgan fingerprint density at radius 3 is 2.70 bits per heavy atom. The van der Waals surface area contributed by atoms with Gasteiger partial charge in [0, 0.05) is 12.2 Å². The zero-order valence-corrected chi connectivity index (χ0v) is 12.5. The van der Waals surface area contributed by atoms with Gasteiger partial charge >= 0.3 is 0 Å². The van der Waals surface area contributed by atoms with Crippen LogP contribution in [-0.4, -0.2) is 26.2 Å². The third-order valence-electron chi connectivity index (χ3n) is 3.96. The minimum Gasteiger partial charge on any atom is -0.399 e. The molecular formula is C14H22N2O3S. The van der Waals surface area contributed by atoms with E-state index in [4.69, 9.17) is 5.73 Å². The summed E-state index contributed by atoms with van der Waals surface area (Å²) >= 11 is 0. The van der Waals surface area contributed by atoms with Crippen LogP contribution in [0.4, 0.5) is 5.69 Å². The SMILES string of the molecule is Cc1cc(S(=O)(=O)NCC2CCCCC2O)ccc1N. The molecule has 0 saturated heterocycles. The molecule has 0 amide bonds. The van der Waals surface area contributed by atoms with Crippen molar-refractivity contribution in [3.05, 3.63) is 23.8 Å². The van der Waals surface area contributed by atoms with E-state index < -0.39 is 16.1 Å². The number of hydrogen-bond acceptors (Lipinski definition) is 4. The lowest BCUT2D eigenvalue weighted by Gasteiger charge is -2.27. The number of nitrogen functional groups attached to an aromatic ring is 1. The topological polar surface area (TPSA) is 92.4 Å². The number of aryl methyl sites for hydroxylation is 1. The zero-order valence-electron chi connectivity index (χ0n) is 11.7. The van der Waals surface area contributed by atoms with Crippen molar-refractivity contribution >= 4 is 15.7 Å². The van der Waals surface area contributed by atoms with Gasteiger partial charge in [-0.1, -0.05) is 12.8 Å². The lowest BCUT2D eigenvalue weighted by atomic mass is 9.87. The van der Waals surface area contributed by atoms with Crippen LogP contribution in [0.5, 0.6) is 0 Å². The van der Waals surface area contributed by atoms with Crippen LogP contribution in [0, 0.1) is 12.8 Å². The van der Waals surface area contributed by atoms with Crippen molar-refractivity contribution in [2.45, 2.75) is 43.6 Å². The molecule has 2 rings (SSSR count). The quantitative estimate of drug-likeness (QED) is 0.733. The van der Waals surface area contributed by atoms with Gasteiger partial charge in [0.2, 0.25) is 10.0 Å². The lowest BCUT2D eigenvalue weighted by molar-refractivity contribution is 0.0724. The molecule has 0 radical (unpaired) electrons. The minimum atomic E-state index is -3.54. The van der Waals surface area contributed by atoms with Gasteiger partial charge in [-0.2, -0.15) is 0 Å². The van der Waals surface area contributed by atoms with Gasteiger partial charge in [0.25, 0.3) is 0 Å². The highest BCUT2D eigenvalue weighted by molar-refractivity contribution is 7.89. The molecule has 2 unspecified atom stereocenters. The first-order chi connectivity index (χ1) is 9.40. The van der Waals surface area contributed by atoms with Crippen LogP contribution < -0.4 is 10.5 Å². The van der Waals surface area contributed by atoms with Crippen LogP contribution in [0.1, 0.15) is 31.2 Å². The predicted molar refractivity (Wildman–Crippen MR) is 78.7 cm³/mol. The summed E-state index contributed by atoms with van der Waals surface area (Å²) in [6, 6.07) is 4.66. The molecule has 6 heteroatoms. The molecule has 1 aromatic rings. The van der Waals surface area contributed by atoms with E-state index in [1.165, 1.54) is 6.07 Å². The normalized spacial score (nSPS) is 23.7. The summed E-state index contributed by atoms with van der Waals surface area (Å²) in [6.45, 7) is 2.06. The summed E-state index contributed by atoms with van der Waals surface area (Å²) in [7, 11) is -3.54. The Hall–Kier alpha value is -1.11. The molecule has 20 heavy (non-hydrogen) atoms. The zero-order chi connectivity index (χ0) is 14.8. The van der Waals surface area contributed by atoms with Crippen molar-refractivity contribution in [2.75, 3.05) is 12.3 Å². The van der Waals surface area contributed by atoms with E-state index in [-0.39, 0.29) is 17.4 Å². The molecule has 5 nitrogen and oxygen atoms in total. The maximum Gasteiger partial charge on any atom is 0.240 e. The van der Waals surface area contributed by atoms with Crippen LogP contribution in [0.3, 0.4) is 0 Å². The molecule has 4 N–H and O–H groups in total. The number of aliphatic hydroxyl groups excluding tert-OH is 1. The molecule has 0 bridgehead atoms.